The van der Waals surface area contributed by atoms with E-state index in [0.29, 0.717) is 70.7 Å². The van der Waals surface area contributed by atoms with E-state index in [9.17, 15) is 61.4 Å². The lowest BCUT2D eigenvalue weighted by Crippen LogP contribution is -2.50. The minimum atomic E-state index is -3.24. The Kier molecular flexibility index (Phi) is 26.7. The molecule has 9 atom stereocenters. The van der Waals surface area contributed by atoms with Crippen molar-refractivity contribution in [3.8, 4) is 18.2 Å². The van der Waals surface area contributed by atoms with Gasteiger partial charge in [0.2, 0.25) is 17.7 Å². The number of nitriles is 3. The third-order valence-electron chi connectivity index (χ3n) is 17.6. The number of nitrogens with zero attached hydrogens (tertiary/aromatic N) is 6. The highest BCUT2D eigenvalue weighted by Gasteiger charge is 2.37. The molecule has 94 heavy (non-hydrogen) atoms. The quantitative estimate of drug-likeness (QED) is 0.0392. The standard InChI is InChI=1S/2C22H27ClN4O4S.C22H27ClN4O2S/c2*1-27-19-12-15(23)8-7-14(19)11-20(27)22(29)26-18-6-4-3-5-17(18)21(28)25-16(13-24)9-10-32(2,30)31;1-27-19-12-15(23)8-7-14(19)11-20(27)22(29)26-18-6-4-3-5-17(18)21(28)25-16(13-24)9-10-30-2/h2*7-8,11-12,16-18H,3-6,9-10H2,1-2H3,(H,25,28)(H,26,29);7-8,11-12,16-18H,3-6,9-10H2,1-2H3,(H,25,28)(H,26,29)/t3*16-,17+,18-/m000/s1. The van der Waals surface area contributed by atoms with Crippen LogP contribution in [0.25, 0.3) is 32.7 Å². The number of sulfone groups is 2. The Hall–Kier alpha value is -7.31. The highest BCUT2D eigenvalue weighted by molar-refractivity contribution is 7.98. The zero-order valence-electron chi connectivity index (χ0n) is 53.5. The van der Waals surface area contributed by atoms with Crippen LogP contribution in [-0.2, 0) is 55.2 Å². The molecule has 6 N–H and O–H groups in total. The van der Waals surface area contributed by atoms with Crippen LogP contribution in [0.5, 0.6) is 0 Å². The van der Waals surface area contributed by atoms with Gasteiger partial charge in [-0.1, -0.05) is 91.5 Å². The molecule has 3 aliphatic rings. The summed E-state index contributed by atoms with van der Waals surface area (Å²) in [5, 5.41) is 49.7. The molecule has 0 aliphatic heterocycles. The largest absolute Gasteiger partial charge is 0.347 e. The number of hydrogen-bond acceptors (Lipinski definition) is 14. The maximum absolute atomic E-state index is 13.0. The first-order valence-corrected chi connectivity index (χ1v) is 37.9. The molecule has 0 unspecified atom stereocenters. The maximum Gasteiger partial charge on any atom is 0.268 e. The van der Waals surface area contributed by atoms with Gasteiger partial charge in [-0.3, -0.25) is 28.8 Å². The Morgan fingerprint density at radius 2 is 0.755 bits per heavy atom. The smallest absolute Gasteiger partial charge is 0.268 e. The molecular formula is C66H81Cl3N12O10S3. The van der Waals surface area contributed by atoms with Crippen LogP contribution >= 0.6 is 46.6 Å². The predicted octanol–water partition coefficient (Wildman–Crippen LogP) is 9.01. The summed E-state index contributed by atoms with van der Waals surface area (Å²) in [5.74, 6) is -2.40. The van der Waals surface area contributed by atoms with Gasteiger partial charge in [-0.15, -0.1) is 0 Å². The van der Waals surface area contributed by atoms with E-state index in [1.807, 2.05) is 60.3 Å². The van der Waals surface area contributed by atoms with Crippen molar-refractivity contribution in [3.05, 3.63) is 105 Å². The van der Waals surface area contributed by atoms with Crippen molar-refractivity contribution in [1.82, 2.24) is 45.6 Å². The van der Waals surface area contributed by atoms with Gasteiger partial charge in [-0.2, -0.15) is 27.5 Å². The summed E-state index contributed by atoms with van der Waals surface area (Å²) in [7, 11) is -1.06. The van der Waals surface area contributed by atoms with E-state index in [1.54, 1.807) is 77.5 Å². The molecule has 3 heterocycles. The van der Waals surface area contributed by atoms with Crippen LogP contribution in [0.4, 0.5) is 0 Å². The molecule has 3 aliphatic carbocycles. The fourth-order valence-electron chi connectivity index (χ4n) is 12.4. The fourth-order valence-corrected chi connectivity index (χ4v) is 14.7. The topological polar surface area (TPSA) is 329 Å². The molecule has 3 saturated carbocycles. The van der Waals surface area contributed by atoms with E-state index in [0.717, 1.165) is 95.9 Å². The van der Waals surface area contributed by atoms with Crippen LogP contribution in [0.3, 0.4) is 0 Å². The SMILES string of the molecule is CSCC[C@@H](C#N)NC(=O)[C@@H]1CCCC[C@@H]1NC(=O)c1cc2ccc(Cl)cc2n1C.Cn1c(C(=O)N[C@H]2CCCC[C@H]2C(=O)N[C@H](C#N)CCS(C)(=O)=O)cc2ccc(Cl)cc21.Cn1c(C(=O)N[C@H]2CCCC[C@H]2C(=O)N[C@H](C#N)CCS(C)(=O)=O)cc2ccc(Cl)cc21. The molecule has 9 rings (SSSR count). The summed E-state index contributed by atoms with van der Waals surface area (Å²) in [4.78, 5) is 77.7. The molecule has 6 aromatic rings. The molecule has 504 valence electrons. The van der Waals surface area contributed by atoms with Gasteiger partial charge in [0.25, 0.3) is 17.7 Å². The maximum atomic E-state index is 13.0. The van der Waals surface area contributed by atoms with E-state index in [4.69, 9.17) is 34.8 Å². The summed E-state index contributed by atoms with van der Waals surface area (Å²) >= 11 is 19.9. The lowest BCUT2D eigenvalue weighted by Gasteiger charge is -2.31. The van der Waals surface area contributed by atoms with Gasteiger partial charge >= 0.3 is 0 Å². The van der Waals surface area contributed by atoms with Gasteiger partial charge < -0.3 is 45.6 Å². The first-order valence-electron chi connectivity index (χ1n) is 31.2. The molecule has 3 aromatic carbocycles. The van der Waals surface area contributed by atoms with E-state index in [1.165, 1.54) is 0 Å². The summed E-state index contributed by atoms with van der Waals surface area (Å²) in [6, 6.07) is 24.6. The third kappa shape index (κ3) is 20.4. The van der Waals surface area contributed by atoms with E-state index < -0.39 is 49.6 Å². The molecule has 22 nitrogen and oxygen atoms in total. The third-order valence-corrected chi connectivity index (χ3v) is 20.9. The van der Waals surface area contributed by atoms with Gasteiger partial charge in [0.1, 0.15) is 54.9 Å². The highest BCUT2D eigenvalue weighted by Crippen LogP contribution is 2.31. The summed E-state index contributed by atoms with van der Waals surface area (Å²) in [6.07, 6.45) is 14.2. The second kappa shape index (κ2) is 33.9. The number of aromatic nitrogens is 3. The number of carbonyl (C=O) groups excluding carboxylic acids is 6. The monoisotopic (exact) mass is 1400 g/mol. The number of rotatable bonds is 21. The zero-order chi connectivity index (χ0) is 68.6. The van der Waals surface area contributed by atoms with Gasteiger partial charge in [0.15, 0.2) is 0 Å². The van der Waals surface area contributed by atoms with Crippen molar-refractivity contribution in [2.24, 2.45) is 38.9 Å². The zero-order valence-corrected chi connectivity index (χ0v) is 58.2. The summed E-state index contributed by atoms with van der Waals surface area (Å²) in [5.41, 5.74) is 4.03. The fraction of sp³-hybridized carbons (Fsp3) is 0.500. The first kappa shape index (κ1) is 74.1. The van der Waals surface area contributed by atoms with Gasteiger partial charge in [0, 0.05) is 99.6 Å². The minimum Gasteiger partial charge on any atom is -0.347 e. The Morgan fingerprint density at radius 1 is 0.479 bits per heavy atom. The van der Waals surface area contributed by atoms with Crippen LogP contribution < -0.4 is 31.9 Å². The lowest BCUT2D eigenvalue weighted by molar-refractivity contribution is -0.128. The second-order valence-corrected chi connectivity index (χ2v) is 31.3. The number of amides is 6. The Labute approximate surface area is 568 Å². The molecule has 6 amide bonds. The van der Waals surface area contributed by atoms with Crippen molar-refractivity contribution in [3.63, 3.8) is 0 Å². The summed E-state index contributed by atoms with van der Waals surface area (Å²) < 4.78 is 50.9. The number of halogens is 3. The van der Waals surface area contributed by atoms with E-state index >= 15 is 0 Å². The number of hydrogen-bond donors (Lipinski definition) is 6. The highest BCUT2D eigenvalue weighted by atomic mass is 35.5. The Morgan fingerprint density at radius 3 is 1.02 bits per heavy atom. The molecule has 3 fully saturated rings. The molecule has 3 aromatic heterocycles. The molecule has 28 heteroatoms. The second-order valence-electron chi connectivity index (χ2n) is 24.5. The van der Waals surface area contributed by atoms with Crippen LogP contribution in [0.2, 0.25) is 15.1 Å². The minimum absolute atomic E-state index is 0.0311. The molecule has 0 saturated heterocycles. The first-order chi connectivity index (χ1) is 44.6. The van der Waals surface area contributed by atoms with Crippen LogP contribution in [0.15, 0.2) is 72.8 Å². The Balaban J connectivity index is 0.000000200. The Bertz CT molecular complexity index is 3950. The molecule has 0 bridgehead atoms. The van der Waals surface area contributed by atoms with Crippen LogP contribution in [0.1, 0.15) is 128 Å². The molecule has 0 spiro atoms. The van der Waals surface area contributed by atoms with Crippen molar-refractivity contribution in [1.29, 1.82) is 15.8 Å². The number of nitrogens with one attached hydrogen (secondary N) is 6. The normalized spacial score (nSPS) is 19.8. The van der Waals surface area contributed by atoms with Gasteiger partial charge in [-0.25, -0.2) is 16.8 Å². The van der Waals surface area contributed by atoms with E-state index in [-0.39, 0.29) is 83.8 Å². The molecular weight excluding hydrogens is 1320 g/mol. The van der Waals surface area contributed by atoms with Gasteiger partial charge in [0.05, 0.1) is 47.5 Å². The summed E-state index contributed by atoms with van der Waals surface area (Å²) in [6.45, 7) is 0. The predicted molar refractivity (Wildman–Crippen MR) is 368 cm³/mol. The lowest BCUT2D eigenvalue weighted by atomic mass is 9.83. The van der Waals surface area contributed by atoms with Crippen molar-refractivity contribution >= 4 is 134 Å². The van der Waals surface area contributed by atoms with Crippen LogP contribution in [-0.4, -0.2) is 138 Å². The number of fused-ring (bicyclic) bond motifs is 3. The average molecular weight is 1410 g/mol. The van der Waals surface area contributed by atoms with E-state index in [2.05, 4.69) is 38.0 Å². The van der Waals surface area contributed by atoms with Gasteiger partial charge in [-0.05, 0) is 124 Å². The number of carbonyl (C=O) groups is 6. The van der Waals surface area contributed by atoms with Crippen molar-refractivity contribution in [2.75, 3.05) is 36.0 Å². The number of benzene rings is 3. The molecule has 0 radical (unpaired) electrons. The van der Waals surface area contributed by atoms with Crippen molar-refractivity contribution < 1.29 is 45.6 Å². The average Bonchev–Trinajstić information content (AvgIpc) is 1.66. The number of aryl methyl sites for hydroxylation is 3. The number of thioether (sulfide) groups is 1. The van der Waals surface area contributed by atoms with Crippen molar-refractivity contribution in [2.45, 2.75) is 133 Å². The van der Waals surface area contributed by atoms with Crippen LogP contribution in [0, 0.1) is 51.7 Å².